The first-order chi connectivity index (χ1) is 20.1. The van der Waals surface area contributed by atoms with Crippen molar-refractivity contribution >= 4 is 29.1 Å². The van der Waals surface area contributed by atoms with E-state index in [-0.39, 0.29) is 36.6 Å². The molecule has 1 saturated heterocycles. The third-order valence-electron chi connectivity index (χ3n) is 7.24. The monoisotopic (exact) mass is 602 g/mol. The summed E-state index contributed by atoms with van der Waals surface area (Å²) in [6, 6.07) is 16.1. The summed E-state index contributed by atoms with van der Waals surface area (Å²) in [4.78, 5) is 30.2. The molecule has 3 aromatic rings. The van der Waals surface area contributed by atoms with Gasteiger partial charge in [0.25, 0.3) is 11.8 Å². The summed E-state index contributed by atoms with van der Waals surface area (Å²) in [6.45, 7) is 5.58. The molecule has 1 fully saturated rings. The average Bonchev–Trinajstić information content (AvgIpc) is 2.99. The molecule has 0 radical (unpaired) electrons. The third kappa shape index (κ3) is 6.82. The van der Waals surface area contributed by atoms with Gasteiger partial charge in [-0.2, -0.15) is 13.2 Å². The van der Waals surface area contributed by atoms with Crippen molar-refractivity contribution in [3.63, 3.8) is 0 Å². The number of carbonyl (C=O) groups excluding carboxylic acids is 2. The molecule has 0 aliphatic carbocycles. The first-order valence-electron chi connectivity index (χ1n) is 13.9. The maximum absolute atomic E-state index is 13.7. The van der Waals surface area contributed by atoms with Gasteiger partial charge in [0.2, 0.25) is 0 Å². The van der Waals surface area contributed by atoms with Crippen LogP contribution in [0.15, 0.2) is 60.7 Å². The Morgan fingerprint density at radius 3 is 2.50 bits per heavy atom. The van der Waals surface area contributed by atoms with Crippen LogP contribution in [0, 0.1) is 0 Å². The zero-order valence-electron chi connectivity index (χ0n) is 23.5. The summed E-state index contributed by atoms with van der Waals surface area (Å²) in [7, 11) is 0. The molecular weight excluding hydrogens is 569 g/mol. The van der Waals surface area contributed by atoms with E-state index < -0.39 is 23.2 Å². The van der Waals surface area contributed by atoms with Crippen LogP contribution >= 0.6 is 11.6 Å². The van der Waals surface area contributed by atoms with Crippen LogP contribution in [-0.4, -0.2) is 62.1 Å². The van der Waals surface area contributed by atoms with Crippen LogP contribution in [0.4, 0.5) is 18.9 Å². The van der Waals surface area contributed by atoms with E-state index in [4.69, 9.17) is 22.1 Å². The van der Waals surface area contributed by atoms with Crippen LogP contribution in [-0.2, 0) is 6.18 Å². The minimum atomic E-state index is -4.73. The molecule has 2 amide bonds. The topological polar surface area (TPSA) is 87.9 Å². The number of benzene rings is 3. The van der Waals surface area contributed by atoms with E-state index in [0.717, 1.165) is 23.3 Å². The maximum atomic E-state index is 13.7. The van der Waals surface area contributed by atoms with Gasteiger partial charge >= 0.3 is 6.18 Å². The SMILES string of the molecule is CCOc1ccccc1-c1ccc(N2CCN(C(=O)c3ccc(Cl)cc3C(F)(F)F)C[C@H]2CC)c(C(=O)NCCN)c1. The first-order valence-corrected chi connectivity index (χ1v) is 14.2. The number of carbonyl (C=O) groups is 2. The predicted molar refractivity (Wildman–Crippen MR) is 158 cm³/mol. The van der Waals surface area contributed by atoms with Crippen LogP contribution in [0.5, 0.6) is 5.75 Å². The number of anilines is 1. The molecule has 0 saturated carbocycles. The van der Waals surface area contributed by atoms with E-state index in [1.807, 2.05) is 61.2 Å². The number of nitrogens with two attached hydrogens (primary N) is 1. The van der Waals surface area contributed by atoms with Crippen molar-refractivity contribution in [3.8, 4) is 16.9 Å². The van der Waals surface area contributed by atoms with Gasteiger partial charge in [-0.25, -0.2) is 0 Å². The molecule has 0 unspecified atom stereocenters. The lowest BCUT2D eigenvalue weighted by atomic mass is 9.98. The number of nitrogens with one attached hydrogen (secondary N) is 1. The molecule has 3 N–H and O–H groups in total. The fraction of sp³-hybridized carbons (Fsp3) is 0.355. The molecule has 0 bridgehead atoms. The largest absolute Gasteiger partial charge is 0.493 e. The minimum absolute atomic E-state index is 0.0945. The average molecular weight is 603 g/mol. The second-order valence-corrected chi connectivity index (χ2v) is 10.3. The van der Waals surface area contributed by atoms with E-state index in [0.29, 0.717) is 43.1 Å². The predicted octanol–water partition coefficient (Wildman–Crippen LogP) is 5.85. The van der Waals surface area contributed by atoms with Crippen LogP contribution in [0.1, 0.15) is 46.5 Å². The Labute approximate surface area is 248 Å². The number of piperazine rings is 1. The zero-order chi connectivity index (χ0) is 30.4. The molecule has 4 rings (SSSR count). The summed E-state index contributed by atoms with van der Waals surface area (Å²) in [5.41, 5.74) is 6.88. The van der Waals surface area contributed by atoms with Gasteiger partial charge in [-0.1, -0.05) is 42.8 Å². The second-order valence-electron chi connectivity index (χ2n) is 9.90. The third-order valence-corrected chi connectivity index (χ3v) is 7.47. The summed E-state index contributed by atoms with van der Waals surface area (Å²) in [5, 5.41) is 2.75. The van der Waals surface area contributed by atoms with Gasteiger partial charge in [0.1, 0.15) is 5.75 Å². The van der Waals surface area contributed by atoms with Crippen molar-refractivity contribution in [2.75, 3.05) is 44.2 Å². The molecule has 1 aliphatic rings. The van der Waals surface area contributed by atoms with Crippen molar-refractivity contribution < 1.29 is 27.5 Å². The van der Waals surface area contributed by atoms with Gasteiger partial charge in [0.15, 0.2) is 0 Å². The number of nitrogens with zero attached hydrogens (tertiary/aromatic N) is 2. The number of hydrogen-bond acceptors (Lipinski definition) is 5. The molecule has 1 atom stereocenters. The maximum Gasteiger partial charge on any atom is 0.417 e. The summed E-state index contributed by atoms with van der Waals surface area (Å²) in [5.74, 6) is -0.309. The lowest BCUT2D eigenvalue weighted by Crippen LogP contribution is -2.55. The highest BCUT2D eigenvalue weighted by Gasteiger charge is 2.38. The number of alkyl halides is 3. The summed E-state index contributed by atoms with van der Waals surface area (Å²) in [6.07, 6.45) is -4.13. The van der Waals surface area contributed by atoms with Crippen LogP contribution in [0.25, 0.3) is 11.1 Å². The van der Waals surface area contributed by atoms with Crippen LogP contribution in [0.3, 0.4) is 0 Å². The molecule has 7 nitrogen and oxygen atoms in total. The smallest absolute Gasteiger partial charge is 0.417 e. The Balaban J connectivity index is 1.67. The normalized spacial score (nSPS) is 15.5. The lowest BCUT2D eigenvalue weighted by Gasteiger charge is -2.43. The Morgan fingerprint density at radius 1 is 1.05 bits per heavy atom. The van der Waals surface area contributed by atoms with Crippen molar-refractivity contribution in [2.24, 2.45) is 5.73 Å². The van der Waals surface area contributed by atoms with Gasteiger partial charge in [-0.3, -0.25) is 9.59 Å². The molecule has 224 valence electrons. The number of rotatable bonds is 9. The van der Waals surface area contributed by atoms with Crippen molar-refractivity contribution in [1.29, 1.82) is 0 Å². The van der Waals surface area contributed by atoms with E-state index in [2.05, 4.69) is 5.32 Å². The molecule has 0 aromatic heterocycles. The fourth-order valence-corrected chi connectivity index (χ4v) is 5.39. The minimum Gasteiger partial charge on any atom is -0.493 e. The van der Waals surface area contributed by atoms with Gasteiger partial charge in [0, 0.05) is 55.0 Å². The van der Waals surface area contributed by atoms with E-state index in [1.54, 1.807) is 0 Å². The van der Waals surface area contributed by atoms with Crippen molar-refractivity contribution in [3.05, 3.63) is 82.4 Å². The van der Waals surface area contributed by atoms with Crippen LogP contribution in [0.2, 0.25) is 5.02 Å². The van der Waals surface area contributed by atoms with Crippen LogP contribution < -0.4 is 20.7 Å². The quantitative estimate of drug-likeness (QED) is 0.321. The molecule has 42 heavy (non-hydrogen) atoms. The first kappa shape index (κ1) is 31.2. The number of halogens is 4. The second kappa shape index (κ2) is 13.5. The molecule has 0 spiro atoms. The van der Waals surface area contributed by atoms with Gasteiger partial charge < -0.3 is 25.6 Å². The number of amides is 2. The Hall–Kier alpha value is -3.76. The molecule has 1 aliphatic heterocycles. The summed E-state index contributed by atoms with van der Waals surface area (Å²) < 4.78 is 47.0. The Kier molecular flexibility index (Phi) is 10.0. The van der Waals surface area contributed by atoms with E-state index >= 15 is 0 Å². The van der Waals surface area contributed by atoms with Crippen molar-refractivity contribution in [1.82, 2.24) is 10.2 Å². The van der Waals surface area contributed by atoms with Gasteiger partial charge in [-0.05, 0) is 55.3 Å². The van der Waals surface area contributed by atoms with Crippen molar-refractivity contribution in [2.45, 2.75) is 32.5 Å². The van der Waals surface area contributed by atoms with E-state index in [1.165, 1.54) is 11.0 Å². The van der Waals surface area contributed by atoms with Gasteiger partial charge in [-0.15, -0.1) is 0 Å². The summed E-state index contributed by atoms with van der Waals surface area (Å²) >= 11 is 5.81. The molecular formula is C31H34ClF3N4O3. The molecule has 3 aromatic carbocycles. The number of para-hydroxylation sites is 1. The number of hydrogen-bond donors (Lipinski definition) is 2. The Bertz CT molecular complexity index is 1430. The highest BCUT2D eigenvalue weighted by Crippen LogP contribution is 2.37. The highest BCUT2D eigenvalue weighted by molar-refractivity contribution is 6.30. The molecule has 1 heterocycles. The lowest BCUT2D eigenvalue weighted by molar-refractivity contribution is -0.138. The zero-order valence-corrected chi connectivity index (χ0v) is 24.3. The standard InChI is InChI=1S/C31H34ClF3N4O3/c1-3-22-19-38(30(41)24-11-10-21(32)18-26(24)31(33,34)35)15-16-39(22)27-12-9-20(17-25(27)29(40)37-14-13-36)23-7-5-6-8-28(23)42-4-2/h5-12,17-18,22H,3-4,13-16,19,36H2,1-2H3,(H,37,40)/t22-/m1/s1. The number of ether oxygens (including phenoxy) is 1. The molecule has 11 heteroatoms. The fourth-order valence-electron chi connectivity index (χ4n) is 5.22. The van der Waals surface area contributed by atoms with E-state index in [9.17, 15) is 22.8 Å². The van der Waals surface area contributed by atoms with Gasteiger partial charge in [0.05, 0.1) is 23.3 Å². The highest BCUT2D eigenvalue weighted by atomic mass is 35.5. The Morgan fingerprint density at radius 2 is 1.81 bits per heavy atom.